The number of methoxy groups -OCH3 is 1. The van der Waals surface area contributed by atoms with E-state index >= 15 is 0 Å². The number of benzene rings is 2. The SMILES string of the molecule is COc1cccc(Oc2cc[c]cc2C)c1. The molecule has 2 rings (SSSR count). The molecular weight excluding hydrogens is 200 g/mol. The molecule has 0 heterocycles. The third-order valence-electron chi connectivity index (χ3n) is 2.29. The quantitative estimate of drug-likeness (QED) is 0.775. The second-order valence-electron chi connectivity index (χ2n) is 3.47. The van der Waals surface area contributed by atoms with Crippen LogP contribution in [0, 0.1) is 13.0 Å². The summed E-state index contributed by atoms with van der Waals surface area (Å²) >= 11 is 0. The molecule has 81 valence electrons. The fourth-order valence-electron chi connectivity index (χ4n) is 1.41. The fraction of sp³-hybridized carbons (Fsp3) is 0.143. The van der Waals surface area contributed by atoms with Crippen molar-refractivity contribution in [3.05, 3.63) is 54.1 Å². The highest BCUT2D eigenvalue weighted by Gasteiger charge is 2.01. The normalized spacial score (nSPS) is 9.88. The summed E-state index contributed by atoms with van der Waals surface area (Å²) in [5.74, 6) is 2.40. The van der Waals surface area contributed by atoms with Gasteiger partial charge >= 0.3 is 0 Å². The standard InChI is InChI=1S/C14H13O2/c1-11-6-3-4-9-14(11)16-13-8-5-7-12(10-13)15-2/h4-10H,1-2H3. The van der Waals surface area contributed by atoms with Gasteiger partial charge in [0.1, 0.15) is 17.2 Å². The maximum Gasteiger partial charge on any atom is 0.131 e. The molecule has 2 nitrogen and oxygen atoms in total. The van der Waals surface area contributed by atoms with Crippen LogP contribution in [0.1, 0.15) is 5.56 Å². The first-order valence-electron chi connectivity index (χ1n) is 5.08. The Hall–Kier alpha value is -1.96. The van der Waals surface area contributed by atoms with E-state index in [1.807, 2.05) is 49.4 Å². The average Bonchev–Trinajstić information content (AvgIpc) is 2.32. The Kier molecular flexibility index (Phi) is 3.10. The first-order chi connectivity index (χ1) is 7.79. The zero-order valence-electron chi connectivity index (χ0n) is 9.36. The van der Waals surface area contributed by atoms with Crippen LogP contribution in [0.25, 0.3) is 0 Å². The van der Waals surface area contributed by atoms with E-state index in [1.54, 1.807) is 7.11 Å². The van der Waals surface area contributed by atoms with E-state index in [4.69, 9.17) is 9.47 Å². The lowest BCUT2D eigenvalue weighted by molar-refractivity contribution is 0.409. The maximum atomic E-state index is 5.75. The second kappa shape index (κ2) is 4.71. The van der Waals surface area contributed by atoms with Crippen LogP contribution in [0.5, 0.6) is 17.2 Å². The summed E-state index contributed by atoms with van der Waals surface area (Å²) in [6.07, 6.45) is 0. The van der Waals surface area contributed by atoms with Gasteiger partial charge in [-0.05, 0) is 42.8 Å². The van der Waals surface area contributed by atoms with Gasteiger partial charge in [0.25, 0.3) is 0 Å². The highest BCUT2D eigenvalue weighted by molar-refractivity contribution is 5.39. The highest BCUT2D eigenvalue weighted by Crippen LogP contribution is 2.26. The molecule has 0 amide bonds. The lowest BCUT2D eigenvalue weighted by Crippen LogP contribution is -1.88. The van der Waals surface area contributed by atoms with E-state index in [1.165, 1.54) is 0 Å². The largest absolute Gasteiger partial charge is 0.497 e. The van der Waals surface area contributed by atoms with E-state index in [2.05, 4.69) is 6.07 Å². The van der Waals surface area contributed by atoms with Gasteiger partial charge < -0.3 is 9.47 Å². The van der Waals surface area contributed by atoms with E-state index in [0.29, 0.717) is 0 Å². The molecule has 0 aromatic heterocycles. The Bertz CT molecular complexity index is 478. The van der Waals surface area contributed by atoms with E-state index in [0.717, 1.165) is 22.8 Å². The molecule has 0 atom stereocenters. The molecule has 2 aromatic rings. The van der Waals surface area contributed by atoms with Crippen molar-refractivity contribution in [2.24, 2.45) is 0 Å². The van der Waals surface area contributed by atoms with E-state index < -0.39 is 0 Å². The van der Waals surface area contributed by atoms with Crippen molar-refractivity contribution in [1.29, 1.82) is 0 Å². The second-order valence-corrected chi connectivity index (χ2v) is 3.47. The smallest absolute Gasteiger partial charge is 0.131 e. The van der Waals surface area contributed by atoms with Crippen molar-refractivity contribution in [3.63, 3.8) is 0 Å². The summed E-state index contributed by atoms with van der Waals surface area (Å²) in [4.78, 5) is 0. The Morgan fingerprint density at radius 1 is 1.12 bits per heavy atom. The third-order valence-corrected chi connectivity index (χ3v) is 2.29. The van der Waals surface area contributed by atoms with Gasteiger partial charge in [-0.3, -0.25) is 0 Å². The van der Waals surface area contributed by atoms with Gasteiger partial charge in [-0.1, -0.05) is 12.1 Å². The van der Waals surface area contributed by atoms with Crippen LogP contribution < -0.4 is 9.47 Å². The van der Waals surface area contributed by atoms with Crippen LogP contribution in [0.4, 0.5) is 0 Å². The zero-order valence-corrected chi connectivity index (χ0v) is 9.36. The van der Waals surface area contributed by atoms with Crippen molar-refractivity contribution >= 4 is 0 Å². The number of hydrogen-bond donors (Lipinski definition) is 0. The first kappa shape index (κ1) is 10.6. The molecule has 0 saturated carbocycles. The first-order valence-corrected chi connectivity index (χ1v) is 5.08. The number of ether oxygens (including phenoxy) is 2. The molecule has 0 aliphatic rings. The van der Waals surface area contributed by atoms with E-state index in [-0.39, 0.29) is 0 Å². The van der Waals surface area contributed by atoms with Gasteiger partial charge in [0, 0.05) is 6.07 Å². The molecule has 1 radical (unpaired) electrons. The topological polar surface area (TPSA) is 18.5 Å². The maximum absolute atomic E-state index is 5.75. The number of aryl methyl sites for hydroxylation is 1. The van der Waals surface area contributed by atoms with Crippen molar-refractivity contribution in [2.75, 3.05) is 7.11 Å². The number of hydrogen-bond acceptors (Lipinski definition) is 2. The van der Waals surface area contributed by atoms with E-state index in [9.17, 15) is 0 Å². The third kappa shape index (κ3) is 2.34. The Morgan fingerprint density at radius 2 is 1.94 bits per heavy atom. The Balaban J connectivity index is 2.24. The molecular formula is C14H13O2. The van der Waals surface area contributed by atoms with Gasteiger partial charge in [0.15, 0.2) is 0 Å². The van der Waals surface area contributed by atoms with Crippen LogP contribution in [0.2, 0.25) is 0 Å². The van der Waals surface area contributed by atoms with Crippen LogP contribution >= 0.6 is 0 Å². The number of rotatable bonds is 3. The van der Waals surface area contributed by atoms with Crippen LogP contribution in [-0.2, 0) is 0 Å². The summed E-state index contributed by atoms with van der Waals surface area (Å²) in [5, 5.41) is 0. The molecule has 0 saturated heterocycles. The monoisotopic (exact) mass is 213 g/mol. The summed E-state index contributed by atoms with van der Waals surface area (Å²) < 4.78 is 10.9. The molecule has 0 aliphatic carbocycles. The van der Waals surface area contributed by atoms with Crippen molar-refractivity contribution in [3.8, 4) is 17.2 Å². The van der Waals surface area contributed by atoms with Crippen LogP contribution in [0.15, 0.2) is 42.5 Å². The molecule has 0 N–H and O–H groups in total. The predicted octanol–water partition coefficient (Wildman–Crippen LogP) is 3.60. The highest BCUT2D eigenvalue weighted by atomic mass is 16.5. The Morgan fingerprint density at radius 3 is 2.69 bits per heavy atom. The van der Waals surface area contributed by atoms with Gasteiger partial charge in [0.05, 0.1) is 7.11 Å². The zero-order chi connectivity index (χ0) is 11.4. The van der Waals surface area contributed by atoms with Gasteiger partial charge in [-0.25, -0.2) is 0 Å². The van der Waals surface area contributed by atoms with Crippen molar-refractivity contribution in [1.82, 2.24) is 0 Å². The molecule has 2 aromatic carbocycles. The molecule has 0 unspecified atom stereocenters. The van der Waals surface area contributed by atoms with Gasteiger partial charge in [-0.15, -0.1) is 0 Å². The molecule has 0 bridgehead atoms. The minimum Gasteiger partial charge on any atom is -0.497 e. The lowest BCUT2D eigenvalue weighted by atomic mass is 10.2. The fourth-order valence-corrected chi connectivity index (χ4v) is 1.41. The Labute approximate surface area is 95.4 Å². The minimum atomic E-state index is 0.772. The van der Waals surface area contributed by atoms with Crippen LogP contribution in [-0.4, -0.2) is 7.11 Å². The average molecular weight is 213 g/mol. The van der Waals surface area contributed by atoms with Crippen molar-refractivity contribution in [2.45, 2.75) is 6.92 Å². The van der Waals surface area contributed by atoms with Crippen molar-refractivity contribution < 1.29 is 9.47 Å². The summed E-state index contributed by atoms with van der Waals surface area (Å²) in [7, 11) is 1.64. The summed E-state index contributed by atoms with van der Waals surface area (Å²) in [6.45, 7) is 1.99. The minimum absolute atomic E-state index is 0.772. The molecule has 0 aliphatic heterocycles. The van der Waals surface area contributed by atoms with Crippen LogP contribution in [0.3, 0.4) is 0 Å². The molecule has 2 heteroatoms. The van der Waals surface area contributed by atoms with Gasteiger partial charge in [-0.2, -0.15) is 0 Å². The van der Waals surface area contributed by atoms with Gasteiger partial charge in [0.2, 0.25) is 0 Å². The predicted molar refractivity (Wildman–Crippen MR) is 63.1 cm³/mol. The molecule has 0 fully saturated rings. The molecule has 0 spiro atoms. The lowest BCUT2D eigenvalue weighted by Gasteiger charge is -2.09. The summed E-state index contributed by atoms with van der Waals surface area (Å²) in [5.41, 5.74) is 1.06. The summed E-state index contributed by atoms with van der Waals surface area (Å²) in [6, 6.07) is 16.2. The molecule has 16 heavy (non-hydrogen) atoms.